The first-order valence-corrected chi connectivity index (χ1v) is 10.6. The lowest BCUT2D eigenvalue weighted by atomic mass is 10.2. The highest BCUT2D eigenvalue weighted by atomic mass is 16.5. The molecule has 0 heterocycles. The second-order valence-electron chi connectivity index (χ2n) is 7.74. The zero-order valence-electron chi connectivity index (χ0n) is 18.0. The predicted octanol–water partition coefficient (Wildman–Crippen LogP) is 4.66. The first kappa shape index (κ1) is 21.4. The maximum Gasteiger partial charge on any atom is 0.265 e. The van der Waals surface area contributed by atoms with Crippen LogP contribution in [0, 0.1) is 5.92 Å². The number of rotatable bonds is 9. The molecule has 1 saturated carbocycles. The minimum Gasteiger partial charge on any atom is -0.497 e. The Balaban J connectivity index is 1.45. The molecule has 0 aliphatic heterocycles. The Bertz CT molecular complexity index is 1060. The molecule has 2 amide bonds. The van der Waals surface area contributed by atoms with Crippen molar-refractivity contribution in [2.45, 2.75) is 19.4 Å². The van der Waals surface area contributed by atoms with Crippen LogP contribution in [0.2, 0.25) is 0 Å². The summed E-state index contributed by atoms with van der Waals surface area (Å²) < 4.78 is 11.0. The van der Waals surface area contributed by atoms with Gasteiger partial charge in [0.1, 0.15) is 11.5 Å². The molecular weight excluding hydrogens is 404 g/mol. The van der Waals surface area contributed by atoms with Crippen molar-refractivity contribution in [3.05, 3.63) is 84.4 Å². The Kier molecular flexibility index (Phi) is 6.70. The molecule has 1 aliphatic carbocycles. The number of hydrogen-bond donors (Lipinski definition) is 1. The number of amides is 2. The summed E-state index contributed by atoms with van der Waals surface area (Å²) in [6.45, 7) is 0.297. The molecule has 0 unspecified atom stereocenters. The van der Waals surface area contributed by atoms with Crippen molar-refractivity contribution < 1.29 is 19.1 Å². The summed E-state index contributed by atoms with van der Waals surface area (Å²) in [5.74, 6) is 1.24. The summed E-state index contributed by atoms with van der Waals surface area (Å²) in [6.07, 6.45) is 1.89. The molecule has 0 radical (unpaired) electrons. The van der Waals surface area contributed by atoms with Gasteiger partial charge in [-0.25, -0.2) is 0 Å². The lowest BCUT2D eigenvalue weighted by Gasteiger charge is -2.23. The topological polar surface area (TPSA) is 67.9 Å². The number of carbonyl (C=O) groups is 2. The van der Waals surface area contributed by atoms with E-state index in [0.29, 0.717) is 18.0 Å². The summed E-state index contributed by atoms with van der Waals surface area (Å²) in [4.78, 5) is 26.8. The lowest BCUT2D eigenvalue weighted by molar-refractivity contribution is -0.120. The molecule has 0 spiro atoms. The van der Waals surface area contributed by atoms with Crippen molar-refractivity contribution >= 4 is 23.2 Å². The number of nitrogens with one attached hydrogen (secondary N) is 1. The van der Waals surface area contributed by atoms with Gasteiger partial charge in [0.25, 0.3) is 5.91 Å². The van der Waals surface area contributed by atoms with E-state index in [2.05, 4.69) is 5.32 Å². The zero-order chi connectivity index (χ0) is 22.3. The van der Waals surface area contributed by atoms with Crippen molar-refractivity contribution in [1.29, 1.82) is 0 Å². The summed E-state index contributed by atoms with van der Waals surface area (Å²) in [5, 5.41) is 2.90. The van der Waals surface area contributed by atoms with Gasteiger partial charge in [0.05, 0.1) is 13.7 Å². The average Bonchev–Trinajstić information content (AvgIpc) is 3.68. The van der Waals surface area contributed by atoms with Crippen molar-refractivity contribution in [3.63, 3.8) is 0 Å². The molecule has 164 valence electrons. The van der Waals surface area contributed by atoms with Gasteiger partial charge >= 0.3 is 0 Å². The van der Waals surface area contributed by atoms with E-state index in [1.165, 1.54) is 0 Å². The monoisotopic (exact) mass is 430 g/mol. The van der Waals surface area contributed by atoms with Gasteiger partial charge in [-0.15, -0.1) is 0 Å². The fourth-order valence-corrected chi connectivity index (χ4v) is 3.33. The average molecular weight is 431 g/mol. The highest BCUT2D eigenvalue weighted by molar-refractivity contribution is 5.95. The molecule has 1 N–H and O–H groups in total. The predicted molar refractivity (Wildman–Crippen MR) is 124 cm³/mol. The fourth-order valence-electron chi connectivity index (χ4n) is 3.33. The van der Waals surface area contributed by atoms with Crippen LogP contribution in [0.3, 0.4) is 0 Å². The molecule has 3 aromatic carbocycles. The van der Waals surface area contributed by atoms with Crippen LogP contribution in [0.25, 0.3) is 0 Å². The third-order valence-corrected chi connectivity index (χ3v) is 5.28. The van der Waals surface area contributed by atoms with E-state index in [1.807, 2.05) is 60.7 Å². The molecule has 0 aromatic heterocycles. The minimum absolute atomic E-state index is 0.0340. The van der Waals surface area contributed by atoms with Gasteiger partial charge in [0, 0.05) is 23.4 Å². The first-order valence-electron chi connectivity index (χ1n) is 10.6. The molecule has 3 aromatic rings. The maximum atomic E-state index is 13.1. The van der Waals surface area contributed by atoms with E-state index < -0.39 is 0 Å². The molecule has 4 rings (SSSR count). The molecule has 0 atom stereocenters. The standard InChI is InChI=1S/C26H26N2O4/c1-31-23-14-12-22(13-15-23)28(17-19-6-3-2-4-7-19)25(29)18-32-24-9-5-8-21(16-24)27-26(30)20-10-11-20/h2-9,12-16,20H,10-11,17-18H2,1H3,(H,27,30). The molecule has 32 heavy (non-hydrogen) atoms. The van der Waals surface area contributed by atoms with Gasteiger partial charge in [-0.2, -0.15) is 0 Å². The Morgan fingerprint density at radius 1 is 0.938 bits per heavy atom. The Labute approximate surface area is 187 Å². The van der Waals surface area contributed by atoms with E-state index in [9.17, 15) is 9.59 Å². The number of nitrogens with zero attached hydrogens (tertiary/aromatic N) is 1. The van der Waals surface area contributed by atoms with Gasteiger partial charge < -0.3 is 19.7 Å². The van der Waals surface area contributed by atoms with Crippen molar-refractivity contribution in [2.75, 3.05) is 23.9 Å². The highest BCUT2D eigenvalue weighted by Gasteiger charge is 2.29. The summed E-state index contributed by atoms with van der Waals surface area (Å²) in [6, 6.07) is 24.3. The molecule has 6 heteroatoms. The second kappa shape index (κ2) is 10.0. The molecule has 0 saturated heterocycles. The van der Waals surface area contributed by atoms with E-state index in [-0.39, 0.29) is 24.3 Å². The number of methoxy groups -OCH3 is 1. The van der Waals surface area contributed by atoms with Crippen LogP contribution < -0.4 is 19.7 Å². The first-order chi connectivity index (χ1) is 15.6. The maximum absolute atomic E-state index is 13.1. The van der Waals surface area contributed by atoms with Gasteiger partial charge in [0.15, 0.2) is 6.61 Å². The van der Waals surface area contributed by atoms with Gasteiger partial charge in [0.2, 0.25) is 5.91 Å². The lowest BCUT2D eigenvalue weighted by Crippen LogP contribution is -2.34. The van der Waals surface area contributed by atoms with Crippen molar-refractivity contribution in [1.82, 2.24) is 0 Å². The van der Waals surface area contributed by atoms with Gasteiger partial charge in [-0.05, 0) is 54.8 Å². The SMILES string of the molecule is COc1ccc(N(Cc2ccccc2)C(=O)COc2cccc(NC(=O)C3CC3)c2)cc1. The molecule has 1 aliphatic rings. The summed E-state index contributed by atoms with van der Waals surface area (Å²) in [7, 11) is 1.61. The van der Waals surface area contributed by atoms with E-state index in [1.54, 1.807) is 30.2 Å². The van der Waals surface area contributed by atoms with Crippen LogP contribution in [0.5, 0.6) is 11.5 Å². The molecule has 6 nitrogen and oxygen atoms in total. The Morgan fingerprint density at radius 3 is 2.38 bits per heavy atom. The van der Waals surface area contributed by atoms with Crippen LogP contribution in [0.15, 0.2) is 78.9 Å². The largest absolute Gasteiger partial charge is 0.497 e. The summed E-state index contributed by atoms with van der Waals surface area (Å²) in [5.41, 5.74) is 2.44. The van der Waals surface area contributed by atoms with Gasteiger partial charge in [-0.3, -0.25) is 9.59 Å². The normalized spacial score (nSPS) is 12.7. The smallest absolute Gasteiger partial charge is 0.265 e. The number of ether oxygens (including phenoxy) is 2. The van der Waals surface area contributed by atoms with Crippen LogP contribution >= 0.6 is 0 Å². The van der Waals surface area contributed by atoms with Crippen molar-refractivity contribution in [3.8, 4) is 11.5 Å². The van der Waals surface area contributed by atoms with Crippen LogP contribution in [0.1, 0.15) is 18.4 Å². The Hall–Kier alpha value is -3.80. The number of hydrogen-bond acceptors (Lipinski definition) is 4. The van der Waals surface area contributed by atoms with E-state index >= 15 is 0 Å². The van der Waals surface area contributed by atoms with Crippen LogP contribution in [-0.2, 0) is 16.1 Å². The van der Waals surface area contributed by atoms with Crippen LogP contribution in [-0.4, -0.2) is 25.5 Å². The van der Waals surface area contributed by atoms with Crippen molar-refractivity contribution in [2.24, 2.45) is 5.92 Å². The van der Waals surface area contributed by atoms with E-state index in [0.717, 1.165) is 29.8 Å². The number of carbonyl (C=O) groups excluding carboxylic acids is 2. The Morgan fingerprint density at radius 2 is 1.69 bits per heavy atom. The number of anilines is 2. The van der Waals surface area contributed by atoms with Crippen LogP contribution in [0.4, 0.5) is 11.4 Å². The zero-order valence-corrected chi connectivity index (χ0v) is 18.0. The number of benzene rings is 3. The fraction of sp³-hybridized carbons (Fsp3) is 0.231. The third kappa shape index (κ3) is 5.66. The van der Waals surface area contributed by atoms with Gasteiger partial charge in [-0.1, -0.05) is 36.4 Å². The second-order valence-corrected chi connectivity index (χ2v) is 7.74. The minimum atomic E-state index is -0.175. The molecule has 0 bridgehead atoms. The van der Waals surface area contributed by atoms with E-state index in [4.69, 9.17) is 9.47 Å². The summed E-state index contributed by atoms with van der Waals surface area (Å²) >= 11 is 0. The third-order valence-electron chi connectivity index (χ3n) is 5.28. The molecular formula is C26H26N2O4. The highest BCUT2D eigenvalue weighted by Crippen LogP contribution is 2.30. The quantitative estimate of drug-likeness (QED) is 0.536. The molecule has 1 fully saturated rings.